The molecule has 0 spiro atoms. The summed E-state index contributed by atoms with van der Waals surface area (Å²) in [6.45, 7) is 1.10. The molecule has 6 nitrogen and oxygen atoms in total. The second kappa shape index (κ2) is 4.25. The van der Waals surface area contributed by atoms with Crippen molar-refractivity contribution in [3.05, 3.63) is 30.3 Å². The molecular weight excluding hydrogens is 227 g/mol. The van der Waals surface area contributed by atoms with Gasteiger partial charge in [-0.15, -0.1) is 0 Å². The molecule has 0 bridgehead atoms. The molecule has 1 aromatic rings. The van der Waals surface area contributed by atoms with Gasteiger partial charge in [0.15, 0.2) is 0 Å². The number of para-hydroxylation sites is 1. The molecule has 1 aliphatic rings. The number of nitrogens with zero attached hydrogens (tertiary/aromatic N) is 1. The zero-order chi connectivity index (χ0) is 11.6. The number of primary amides is 1. The van der Waals surface area contributed by atoms with Gasteiger partial charge in [-0.05, 0) is 12.1 Å². The Morgan fingerprint density at radius 1 is 1.25 bits per heavy atom. The van der Waals surface area contributed by atoms with Gasteiger partial charge in [0.25, 0.3) is 0 Å². The lowest BCUT2D eigenvalue weighted by Gasteiger charge is -2.26. The Hall–Kier alpha value is -1.36. The number of amides is 2. The molecule has 86 valence electrons. The molecule has 1 heterocycles. The van der Waals surface area contributed by atoms with Crippen molar-refractivity contribution in [2.45, 2.75) is 0 Å². The zero-order valence-electron chi connectivity index (χ0n) is 8.59. The van der Waals surface area contributed by atoms with E-state index in [0.717, 1.165) is 4.67 Å². The van der Waals surface area contributed by atoms with Crippen LogP contribution in [0.1, 0.15) is 0 Å². The van der Waals surface area contributed by atoms with Gasteiger partial charge in [-0.25, -0.2) is 19.6 Å². The van der Waals surface area contributed by atoms with Crippen molar-refractivity contribution in [3.8, 4) is 0 Å². The van der Waals surface area contributed by atoms with Crippen molar-refractivity contribution in [2.24, 2.45) is 5.73 Å². The van der Waals surface area contributed by atoms with Gasteiger partial charge in [0.1, 0.15) is 0 Å². The standard InChI is InChI=1S/C9H13N4O2P/c10-9(14)13(8-4-2-1-3-5-8)16(15)11-6-7-12-16/h1-5H,6-7H2,(H2,10,14)(H2,11,12,15). The fourth-order valence-corrected chi connectivity index (χ4v) is 3.57. The van der Waals surface area contributed by atoms with Crippen LogP contribution in [0.2, 0.25) is 0 Å². The van der Waals surface area contributed by atoms with Gasteiger partial charge < -0.3 is 5.73 Å². The number of urea groups is 1. The van der Waals surface area contributed by atoms with Crippen LogP contribution >= 0.6 is 7.59 Å². The van der Waals surface area contributed by atoms with Crippen LogP contribution in [0.4, 0.5) is 10.5 Å². The number of hydrogen-bond acceptors (Lipinski definition) is 2. The number of rotatable bonds is 2. The first-order valence-electron chi connectivity index (χ1n) is 4.89. The van der Waals surface area contributed by atoms with Crippen molar-refractivity contribution < 1.29 is 9.36 Å². The van der Waals surface area contributed by atoms with Gasteiger partial charge in [0.2, 0.25) is 0 Å². The highest BCUT2D eigenvalue weighted by Gasteiger charge is 2.37. The summed E-state index contributed by atoms with van der Waals surface area (Å²) in [6.07, 6.45) is 0. The van der Waals surface area contributed by atoms with Crippen LogP contribution in [0.3, 0.4) is 0 Å². The molecule has 0 aliphatic carbocycles. The third kappa shape index (κ3) is 1.95. The molecule has 0 unspecified atom stereocenters. The Morgan fingerprint density at radius 3 is 2.31 bits per heavy atom. The quantitative estimate of drug-likeness (QED) is 0.669. The lowest BCUT2D eigenvalue weighted by molar-refractivity contribution is 0.256. The molecule has 2 amide bonds. The van der Waals surface area contributed by atoms with Crippen LogP contribution in [0, 0.1) is 0 Å². The average molecular weight is 240 g/mol. The van der Waals surface area contributed by atoms with Crippen molar-refractivity contribution in [1.29, 1.82) is 0 Å². The molecule has 0 saturated carbocycles. The number of benzene rings is 1. The van der Waals surface area contributed by atoms with Crippen LogP contribution in [0.5, 0.6) is 0 Å². The van der Waals surface area contributed by atoms with Gasteiger partial charge in [0.05, 0.1) is 5.69 Å². The number of carbonyl (C=O) groups excluding carboxylic acids is 1. The molecule has 16 heavy (non-hydrogen) atoms. The van der Waals surface area contributed by atoms with Crippen LogP contribution in [0.15, 0.2) is 30.3 Å². The minimum Gasteiger partial charge on any atom is -0.351 e. The molecule has 1 fully saturated rings. The Labute approximate surface area is 93.3 Å². The summed E-state index contributed by atoms with van der Waals surface area (Å²) in [5, 5.41) is 5.56. The third-order valence-electron chi connectivity index (χ3n) is 2.27. The first kappa shape index (κ1) is 11.1. The number of carbonyl (C=O) groups is 1. The van der Waals surface area contributed by atoms with Crippen molar-refractivity contribution in [2.75, 3.05) is 17.8 Å². The fourth-order valence-electron chi connectivity index (χ4n) is 1.61. The molecule has 1 aromatic carbocycles. The van der Waals surface area contributed by atoms with E-state index in [9.17, 15) is 9.36 Å². The van der Waals surface area contributed by atoms with Gasteiger partial charge in [-0.3, -0.25) is 4.57 Å². The molecule has 1 aliphatic heterocycles. The topological polar surface area (TPSA) is 87.5 Å². The highest BCUT2D eigenvalue weighted by molar-refractivity contribution is 7.62. The van der Waals surface area contributed by atoms with E-state index in [4.69, 9.17) is 5.73 Å². The van der Waals surface area contributed by atoms with E-state index in [-0.39, 0.29) is 0 Å². The van der Waals surface area contributed by atoms with Crippen LogP contribution < -0.4 is 20.6 Å². The Bertz CT molecular complexity index is 426. The number of hydrogen-bond donors (Lipinski definition) is 3. The first-order valence-corrected chi connectivity index (χ1v) is 6.55. The second-order valence-electron chi connectivity index (χ2n) is 3.38. The lowest BCUT2D eigenvalue weighted by Crippen LogP contribution is -2.38. The van der Waals surface area contributed by atoms with E-state index in [0.29, 0.717) is 18.8 Å². The molecule has 0 aromatic heterocycles. The molecule has 0 radical (unpaired) electrons. The summed E-state index contributed by atoms with van der Waals surface area (Å²) in [7, 11) is -3.10. The monoisotopic (exact) mass is 240 g/mol. The van der Waals surface area contributed by atoms with Gasteiger partial charge in [0, 0.05) is 13.1 Å². The predicted octanol–water partition coefficient (Wildman–Crippen LogP) is 0.873. The fraction of sp³-hybridized carbons (Fsp3) is 0.222. The van der Waals surface area contributed by atoms with Crippen molar-refractivity contribution in [3.63, 3.8) is 0 Å². The first-order chi connectivity index (χ1) is 7.63. The third-order valence-corrected chi connectivity index (χ3v) is 4.56. The van der Waals surface area contributed by atoms with Gasteiger partial charge >= 0.3 is 13.6 Å². The summed E-state index contributed by atoms with van der Waals surface area (Å²) < 4.78 is 13.4. The Balaban J connectivity index is 2.39. The zero-order valence-corrected chi connectivity index (χ0v) is 9.48. The van der Waals surface area contributed by atoms with Crippen molar-refractivity contribution >= 4 is 19.3 Å². The summed E-state index contributed by atoms with van der Waals surface area (Å²) in [4.78, 5) is 11.4. The van der Waals surface area contributed by atoms with Crippen molar-refractivity contribution in [1.82, 2.24) is 10.2 Å². The van der Waals surface area contributed by atoms with E-state index >= 15 is 0 Å². The number of nitrogens with one attached hydrogen (secondary N) is 2. The van der Waals surface area contributed by atoms with Crippen LogP contribution in [-0.4, -0.2) is 19.1 Å². The highest BCUT2D eigenvalue weighted by Crippen LogP contribution is 2.45. The normalized spacial score (nSPS) is 18.2. The van der Waals surface area contributed by atoms with E-state index in [2.05, 4.69) is 10.2 Å². The molecule has 1 saturated heterocycles. The predicted molar refractivity (Wildman–Crippen MR) is 62.1 cm³/mol. The second-order valence-corrected chi connectivity index (χ2v) is 5.56. The SMILES string of the molecule is NC(=O)N(c1ccccc1)P1(=O)NCCN1. The summed E-state index contributed by atoms with van der Waals surface area (Å²) in [5.74, 6) is 0. The van der Waals surface area contributed by atoms with Crippen LogP contribution in [0.25, 0.3) is 0 Å². The van der Waals surface area contributed by atoms with E-state index in [1.165, 1.54) is 0 Å². The van der Waals surface area contributed by atoms with E-state index in [1.807, 2.05) is 6.07 Å². The molecule has 2 rings (SSSR count). The summed E-state index contributed by atoms with van der Waals surface area (Å²) in [5.41, 5.74) is 5.78. The smallest absolute Gasteiger partial charge is 0.326 e. The average Bonchev–Trinajstić information content (AvgIpc) is 2.67. The Morgan fingerprint density at radius 2 is 1.81 bits per heavy atom. The maximum Gasteiger partial charge on any atom is 0.326 e. The molecule has 7 heteroatoms. The molecular formula is C9H13N4O2P. The van der Waals surface area contributed by atoms with E-state index in [1.54, 1.807) is 24.3 Å². The minimum absolute atomic E-state index is 0.514. The molecule has 4 N–H and O–H groups in total. The minimum atomic E-state index is -3.10. The largest absolute Gasteiger partial charge is 0.351 e. The van der Waals surface area contributed by atoms with E-state index < -0.39 is 13.6 Å². The van der Waals surface area contributed by atoms with Gasteiger partial charge in [-0.2, -0.15) is 0 Å². The summed E-state index contributed by atoms with van der Waals surface area (Å²) >= 11 is 0. The highest BCUT2D eigenvalue weighted by atomic mass is 31.2. The number of nitrogens with two attached hydrogens (primary N) is 1. The summed E-state index contributed by atoms with van der Waals surface area (Å²) in [6, 6.07) is 7.96. The lowest BCUT2D eigenvalue weighted by atomic mass is 10.3. The maximum atomic E-state index is 12.4. The number of anilines is 1. The maximum absolute atomic E-state index is 12.4. The molecule has 0 atom stereocenters. The van der Waals surface area contributed by atoms with Crippen LogP contribution in [-0.2, 0) is 4.57 Å². The Kier molecular flexibility index (Phi) is 2.96. The van der Waals surface area contributed by atoms with Gasteiger partial charge in [-0.1, -0.05) is 18.2 Å².